The number of nitrogens with one attached hydrogen (secondary N) is 2. The molecule has 0 saturated heterocycles. The van der Waals surface area contributed by atoms with E-state index in [1.165, 1.54) is 6.21 Å². The molecule has 29 heavy (non-hydrogen) atoms. The fourth-order valence-corrected chi connectivity index (χ4v) is 2.82. The molecule has 0 atom stereocenters. The Labute approximate surface area is 176 Å². The largest absolute Gasteiger partial charge is 0.488 e. The summed E-state index contributed by atoms with van der Waals surface area (Å²) in [4.78, 5) is 23.9. The van der Waals surface area contributed by atoms with Crippen LogP contribution in [0.3, 0.4) is 0 Å². The number of hydrazone groups is 1. The van der Waals surface area contributed by atoms with E-state index >= 15 is 0 Å². The van der Waals surface area contributed by atoms with Crippen LogP contribution in [0, 0.1) is 0 Å². The van der Waals surface area contributed by atoms with Crippen LogP contribution in [0.5, 0.6) is 5.75 Å². The van der Waals surface area contributed by atoms with Gasteiger partial charge < -0.3 is 10.1 Å². The maximum Gasteiger partial charge on any atom is 0.329 e. The zero-order valence-electron chi connectivity index (χ0n) is 15.3. The molecule has 0 aliphatic heterocycles. The minimum atomic E-state index is -0.871. The third-order valence-corrected chi connectivity index (χ3v) is 4.31. The van der Waals surface area contributed by atoms with Crippen LogP contribution in [0.4, 0.5) is 5.69 Å². The van der Waals surface area contributed by atoms with E-state index in [0.717, 1.165) is 10.0 Å². The second-order valence-electron chi connectivity index (χ2n) is 5.98. The predicted octanol–water partition coefficient (Wildman–Crippen LogP) is 4.12. The normalized spacial score (nSPS) is 10.5. The summed E-state index contributed by atoms with van der Waals surface area (Å²) in [5.74, 6) is -1.06. The number of carbonyl (C=O) groups excluding carboxylic acids is 2. The standard InChI is InChI=1S/C22H18BrN3O3/c23-18-10-6-11-19(13-18)25-21(27)22(28)26-24-14-17-9-4-5-12-20(17)29-15-16-7-2-1-3-8-16/h1-14H,15H2,(H,25,27)(H,26,28)/b24-14-. The average Bonchev–Trinajstić information content (AvgIpc) is 2.73. The Hall–Kier alpha value is -3.45. The van der Waals surface area contributed by atoms with Gasteiger partial charge in [-0.1, -0.05) is 64.5 Å². The van der Waals surface area contributed by atoms with Crippen molar-refractivity contribution in [1.82, 2.24) is 5.43 Å². The number of anilines is 1. The van der Waals surface area contributed by atoms with E-state index < -0.39 is 11.8 Å². The topological polar surface area (TPSA) is 79.8 Å². The summed E-state index contributed by atoms with van der Waals surface area (Å²) in [6.07, 6.45) is 1.44. The van der Waals surface area contributed by atoms with Gasteiger partial charge in [-0.05, 0) is 35.9 Å². The number of hydrogen-bond acceptors (Lipinski definition) is 4. The van der Waals surface area contributed by atoms with E-state index in [1.54, 1.807) is 24.3 Å². The van der Waals surface area contributed by atoms with Crippen LogP contribution in [0.15, 0.2) is 88.4 Å². The molecule has 0 aromatic heterocycles. The van der Waals surface area contributed by atoms with Crippen molar-refractivity contribution < 1.29 is 14.3 Å². The molecule has 3 aromatic carbocycles. The molecule has 146 valence electrons. The number of ether oxygens (including phenoxy) is 1. The summed E-state index contributed by atoms with van der Waals surface area (Å²) < 4.78 is 6.62. The van der Waals surface area contributed by atoms with Crippen LogP contribution in [0.1, 0.15) is 11.1 Å². The highest BCUT2D eigenvalue weighted by molar-refractivity contribution is 9.10. The van der Waals surface area contributed by atoms with Crippen molar-refractivity contribution in [2.24, 2.45) is 5.10 Å². The van der Waals surface area contributed by atoms with E-state index in [2.05, 4.69) is 31.8 Å². The van der Waals surface area contributed by atoms with Crippen molar-refractivity contribution in [1.29, 1.82) is 0 Å². The Morgan fingerprint density at radius 3 is 2.48 bits per heavy atom. The average molecular weight is 452 g/mol. The van der Waals surface area contributed by atoms with Gasteiger partial charge in [0.15, 0.2) is 0 Å². The van der Waals surface area contributed by atoms with Gasteiger partial charge in [0.05, 0.1) is 6.21 Å². The van der Waals surface area contributed by atoms with Crippen LogP contribution in [-0.4, -0.2) is 18.0 Å². The molecule has 0 saturated carbocycles. The van der Waals surface area contributed by atoms with E-state index in [0.29, 0.717) is 23.6 Å². The molecular formula is C22H18BrN3O3. The molecule has 0 unspecified atom stereocenters. The van der Waals surface area contributed by atoms with E-state index in [-0.39, 0.29) is 0 Å². The van der Waals surface area contributed by atoms with Crippen molar-refractivity contribution >= 4 is 39.6 Å². The summed E-state index contributed by atoms with van der Waals surface area (Å²) in [5.41, 5.74) is 4.44. The Bertz CT molecular complexity index is 1020. The molecule has 0 aliphatic carbocycles. The minimum Gasteiger partial charge on any atom is -0.488 e. The maximum absolute atomic E-state index is 12.0. The Kier molecular flexibility index (Phi) is 7.13. The molecule has 2 N–H and O–H groups in total. The first-order valence-corrected chi connectivity index (χ1v) is 9.57. The van der Waals surface area contributed by atoms with Gasteiger partial charge in [0.2, 0.25) is 0 Å². The first-order valence-electron chi connectivity index (χ1n) is 8.77. The number of halogens is 1. The molecule has 0 spiro atoms. The minimum absolute atomic E-state index is 0.410. The lowest BCUT2D eigenvalue weighted by molar-refractivity contribution is -0.136. The van der Waals surface area contributed by atoms with Crippen LogP contribution >= 0.6 is 15.9 Å². The summed E-state index contributed by atoms with van der Waals surface area (Å²) >= 11 is 3.30. The second-order valence-corrected chi connectivity index (χ2v) is 6.89. The highest BCUT2D eigenvalue weighted by atomic mass is 79.9. The highest BCUT2D eigenvalue weighted by Crippen LogP contribution is 2.18. The Morgan fingerprint density at radius 1 is 0.931 bits per heavy atom. The third-order valence-electron chi connectivity index (χ3n) is 3.81. The van der Waals surface area contributed by atoms with E-state index in [1.807, 2.05) is 54.6 Å². The molecule has 0 aliphatic rings. The lowest BCUT2D eigenvalue weighted by atomic mass is 10.2. The molecule has 3 aromatic rings. The van der Waals surface area contributed by atoms with Crippen molar-refractivity contribution in [2.75, 3.05) is 5.32 Å². The molecule has 7 heteroatoms. The molecular weight excluding hydrogens is 434 g/mol. The summed E-state index contributed by atoms with van der Waals surface area (Å²) in [6, 6.07) is 24.0. The number of rotatable bonds is 6. The van der Waals surface area contributed by atoms with Gasteiger partial charge in [0.1, 0.15) is 12.4 Å². The number of amides is 2. The van der Waals surface area contributed by atoms with Crippen molar-refractivity contribution in [3.05, 3.63) is 94.5 Å². The molecule has 0 fully saturated rings. The Balaban J connectivity index is 1.57. The summed E-state index contributed by atoms with van der Waals surface area (Å²) in [6.45, 7) is 0.410. The number of benzene rings is 3. The third kappa shape index (κ3) is 6.29. The van der Waals surface area contributed by atoms with Gasteiger partial charge in [0.25, 0.3) is 0 Å². The van der Waals surface area contributed by atoms with Gasteiger partial charge >= 0.3 is 11.8 Å². The maximum atomic E-state index is 12.0. The summed E-state index contributed by atoms with van der Waals surface area (Å²) in [5, 5.41) is 6.36. The predicted molar refractivity (Wildman–Crippen MR) is 116 cm³/mol. The SMILES string of the molecule is O=C(N/N=C\c1ccccc1OCc1ccccc1)C(=O)Nc1cccc(Br)c1. The molecule has 0 radical (unpaired) electrons. The lowest BCUT2D eigenvalue weighted by Crippen LogP contribution is -2.32. The molecule has 0 heterocycles. The number of nitrogens with zero attached hydrogens (tertiary/aromatic N) is 1. The molecule has 0 bridgehead atoms. The lowest BCUT2D eigenvalue weighted by Gasteiger charge is -2.09. The summed E-state index contributed by atoms with van der Waals surface area (Å²) in [7, 11) is 0. The van der Waals surface area contributed by atoms with Crippen molar-refractivity contribution in [2.45, 2.75) is 6.61 Å². The zero-order valence-corrected chi connectivity index (χ0v) is 16.9. The van der Waals surface area contributed by atoms with Gasteiger partial charge in [0, 0.05) is 15.7 Å². The Morgan fingerprint density at radius 2 is 1.69 bits per heavy atom. The monoisotopic (exact) mass is 451 g/mol. The molecule has 3 rings (SSSR count). The fourth-order valence-electron chi connectivity index (χ4n) is 2.42. The van der Waals surface area contributed by atoms with Crippen LogP contribution in [0.2, 0.25) is 0 Å². The van der Waals surface area contributed by atoms with Crippen molar-refractivity contribution in [3.8, 4) is 5.75 Å². The van der Waals surface area contributed by atoms with Gasteiger partial charge in [-0.15, -0.1) is 0 Å². The fraction of sp³-hybridized carbons (Fsp3) is 0.0455. The van der Waals surface area contributed by atoms with Crippen LogP contribution < -0.4 is 15.5 Å². The van der Waals surface area contributed by atoms with Gasteiger partial charge in [-0.2, -0.15) is 5.10 Å². The quantitative estimate of drug-likeness (QED) is 0.336. The van der Waals surface area contributed by atoms with E-state index in [9.17, 15) is 9.59 Å². The first kappa shape index (κ1) is 20.3. The van der Waals surface area contributed by atoms with Gasteiger partial charge in [-0.25, -0.2) is 5.43 Å². The first-order chi connectivity index (χ1) is 14.1. The number of para-hydroxylation sites is 1. The molecule has 6 nitrogen and oxygen atoms in total. The zero-order chi connectivity index (χ0) is 20.5. The highest BCUT2D eigenvalue weighted by Gasteiger charge is 2.13. The van der Waals surface area contributed by atoms with Crippen LogP contribution in [0.25, 0.3) is 0 Å². The van der Waals surface area contributed by atoms with E-state index in [4.69, 9.17) is 4.74 Å². The second kappa shape index (κ2) is 10.2. The van der Waals surface area contributed by atoms with Gasteiger partial charge in [-0.3, -0.25) is 9.59 Å². The van der Waals surface area contributed by atoms with Crippen LogP contribution in [-0.2, 0) is 16.2 Å². The smallest absolute Gasteiger partial charge is 0.329 e. The molecule has 2 amide bonds. The number of carbonyl (C=O) groups is 2. The van der Waals surface area contributed by atoms with Crippen molar-refractivity contribution in [3.63, 3.8) is 0 Å². The number of hydrogen-bond donors (Lipinski definition) is 2.